The van der Waals surface area contributed by atoms with Crippen LogP contribution < -0.4 is 5.32 Å². The molecule has 1 unspecified atom stereocenters. The van der Waals surface area contributed by atoms with Crippen molar-refractivity contribution in [1.82, 2.24) is 19.9 Å². The second-order valence-electron chi connectivity index (χ2n) is 7.28. The Morgan fingerprint density at radius 3 is 3.08 bits per heavy atom. The highest BCUT2D eigenvalue weighted by atomic mass is 16.6. The third-order valence-electron chi connectivity index (χ3n) is 3.99. The van der Waals surface area contributed by atoms with E-state index in [1.54, 1.807) is 11.1 Å². The Balaban J connectivity index is 1.54. The molecular formula is C17H25N5O2. The number of amides is 1. The van der Waals surface area contributed by atoms with Gasteiger partial charge >= 0.3 is 6.09 Å². The maximum Gasteiger partial charge on any atom is 0.410 e. The third kappa shape index (κ3) is 4.15. The molecule has 130 valence electrons. The van der Waals surface area contributed by atoms with Gasteiger partial charge in [0.15, 0.2) is 5.65 Å². The number of H-pyrrole nitrogens is 1. The van der Waals surface area contributed by atoms with Gasteiger partial charge in [0.1, 0.15) is 5.60 Å². The lowest BCUT2D eigenvalue weighted by Gasteiger charge is -2.34. The summed E-state index contributed by atoms with van der Waals surface area (Å²) in [5.41, 5.74) is 1.17. The highest BCUT2D eigenvalue weighted by Gasteiger charge is 2.27. The number of aromatic nitrogens is 3. The fourth-order valence-electron chi connectivity index (χ4n) is 2.89. The average molecular weight is 331 g/mol. The van der Waals surface area contributed by atoms with E-state index >= 15 is 0 Å². The lowest BCUT2D eigenvalue weighted by atomic mass is 9.98. The number of carbonyl (C=O) groups is 1. The summed E-state index contributed by atoms with van der Waals surface area (Å²) in [5.74, 6) is 1.10. The van der Waals surface area contributed by atoms with Crippen LogP contribution >= 0.6 is 0 Å². The van der Waals surface area contributed by atoms with Gasteiger partial charge < -0.3 is 19.9 Å². The molecule has 0 saturated carbocycles. The van der Waals surface area contributed by atoms with Crippen molar-refractivity contribution in [2.45, 2.75) is 39.2 Å². The number of ether oxygens (including phenoxy) is 1. The van der Waals surface area contributed by atoms with Crippen molar-refractivity contribution in [2.24, 2.45) is 5.92 Å². The molecule has 7 heteroatoms. The fraction of sp³-hybridized carbons (Fsp3) is 0.588. The number of rotatable bonds is 3. The Morgan fingerprint density at radius 2 is 2.33 bits per heavy atom. The Hall–Kier alpha value is -2.31. The number of fused-ring (bicyclic) bond motifs is 1. The van der Waals surface area contributed by atoms with E-state index in [1.807, 2.05) is 32.9 Å². The number of carbonyl (C=O) groups excluding carboxylic acids is 1. The van der Waals surface area contributed by atoms with Gasteiger partial charge in [-0.1, -0.05) is 0 Å². The lowest BCUT2D eigenvalue weighted by Crippen LogP contribution is -2.44. The van der Waals surface area contributed by atoms with Crippen LogP contribution in [0.25, 0.3) is 11.2 Å². The fourth-order valence-corrected chi connectivity index (χ4v) is 2.89. The third-order valence-corrected chi connectivity index (χ3v) is 3.99. The largest absolute Gasteiger partial charge is 0.444 e. The molecule has 0 spiro atoms. The summed E-state index contributed by atoms with van der Waals surface area (Å²) in [5, 5.41) is 3.33. The summed E-state index contributed by atoms with van der Waals surface area (Å²) >= 11 is 0. The van der Waals surface area contributed by atoms with Crippen molar-refractivity contribution >= 4 is 23.2 Å². The van der Waals surface area contributed by atoms with E-state index in [0.29, 0.717) is 18.1 Å². The predicted octanol–water partition coefficient (Wildman–Crippen LogP) is 3.02. The number of hydrogen-bond acceptors (Lipinski definition) is 5. The average Bonchev–Trinajstić information content (AvgIpc) is 2.94. The van der Waals surface area contributed by atoms with E-state index in [0.717, 1.165) is 37.4 Å². The Kier molecular flexibility index (Phi) is 4.59. The number of nitrogens with zero attached hydrogens (tertiary/aromatic N) is 3. The van der Waals surface area contributed by atoms with Gasteiger partial charge in [-0.2, -0.15) is 4.98 Å². The molecule has 0 aliphatic carbocycles. The van der Waals surface area contributed by atoms with E-state index in [2.05, 4.69) is 20.3 Å². The number of likely N-dealkylation sites (tertiary alicyclic amines) is 1. The number of pyridine rings is 1. The van der Waals surface area contributed by atoms with Gasteiger partial charge in [0.25, 0.3) is 0 Å². The summed E-state index contributed by atoms with van der Waals surface area (Å²) in [7, 11) is 0. The molecular weight excluding hydrogens is 306 g/mol. The summed E-state index contributed by atoms with van der Waals surface area (Å²) in [6.45, 7) is 7.91. The quantitative estimate of drug-likeness (QED) is 0.903. The second-order valence-corrected chi connectivity index (χ2v) is 7.28. The van der Waals surface area contributed by atoms with Crippen LogP contribution in [0.4, 0.5) is 10.7 Å². The van der Waals surface area contributed by atoms with E-state index < -0.39 is 5.60 Å². The van der Waals surface area contributed by atoms with Gasteiger partial charge in [0, 0.05) is 25.8 Å². The lowest BCUT2D eigenvalue weighted by molar-refractivity contribution is 0.0172. The second kappa shape index (κ2) is 6.67. The zero-order valence-corrected chi connectivity index (χ0v) is 14.5. The van der Waals surface area contributed by atoms with E-state index in [9.17, 15) is 4.79 Å². The number of anilines is 1. The van der Waals surface area contributed by atoms with Gasteiger partial charge in [-0.05, 0) is 51.7 Å². The molecule has 7 nitrogen and oxygen atoms in total. The molecule has 1 saturated heterocycles. The maximum atomic E-state index is 12.2. The van der Waals surface area contributed by atoms with Crippen LogP contribution in [0.15, 0.2) is 18.3 Å². The number of aromatic amines is 1. The maximum absolute atomic E-state index is 12.2. The zero-order chi connectivity index (χ0) is 17.2. The summed E-state index contributed by atoms with van der Waals surface area (Å²) in [6, 6.07) is 3.83. The number of nitrogens with one attached hydrogen (secondary N) is 2. The molecule has 24 heavy (non-hydrogen) atoms. The van der Waals surface area contributed by atoms with Gasteiger partial charge in [-0.25, -0.2) is 9.78 Å². The molecule has 1 aliphatic rings. The van der Waals surface area contributed by atoms with E-state index in [4.69, 9.17) is 4.74 Å². The van der Waals surface area contributed by atoms with Crippen molar-refractivity contribution in [3.63, 3.8) is 0 Å². The van der Waals surface area contributed by atoms with Crippen LogP contribution in [-0.2, 0) is 4.74 Å². The normalized spacial score (nSPS) is 18.6. The molecule has 3 heterocycles. The van der Waals surface area contributed by atoms with Gasteiger partial charge in [0.2, 0.25) is 5.95 Å². The molecule has 2 aromatic rings. The number of piperidine rings is 1. The highest BCUT2D eigenvalue weighted by Crippen LogP contribution is 2.20. The number of hydrogen-bond donors (Lipinski definition) is 2. The number of imidazole rings is 1. The molecule has 3 rings (SSSR count). The molecule has 1 aliphatic heterocycles. The first-order chi connectivity index (χ1) is 11.4. The monoisotopic (exact) mass is 331 g/mol. The molecule has 1 fully saturated rings. The minimum atomic E-state index is -0.455. The highest BCUT2D eigenvalue weighted by molar-refractivity contribution is 5.72. The van der Waals surface area contributed by atoms with Crippen LogP contribution in [0, 0.1) is 5.92 Å². The van der Waals surface area contributed by atoms with Crippen molar-refractivity contribution < 1.29 is 9.53 Å². The molecule has 0 radical (unpaired) electrons. The summed E-state index contributed by atoms with van der Waals surface area (Å²) in [6.07, 6.45) is 3.59. The van der Waals surface area contributed by atoms with Crippen LogP contribution in [0.1, 0.15) is 33.6 Å². The minimum absolute atomic E-state index is 0.222. The Labute approximate surface area is 141 Å². The van der Waals surface area contributed by atoms with Crippen molar-refractivity contribution in [2.75, 3.05) is 25.0 Å². The smallest absolute Gasteiger partial charge is 0.410 e. The van der Waals surface area contributed by atoms with Crippen LogP contribution in [0.2, 0.25) is 0 Å². The predicted molar refractivity (Wildman–Crippen MR) is 92.9 cm³/mol. The molecule has 0 aromatic carbocycles. The molecule has 2 N–H and O–H groups in total. The zero-order valence-electron chi connectivity index (χ0n) is 14.5. The first kappa shape index (κ1) is 16.5. The van der Waals surface area contributed by atoms with Crippen molar-refractivity contribution in [3.8, 4) is 0 Å². The van der Waals surface area contributed by atoms with E-state index in [1.165, 1.54) is 0 Å². The minimum Gasteiger partial charge on any atom is -0.444 e. The molecule has 1 atom stereocenters. The van der Waals surface area contributed by atoms with Crippen LogP contribution in [0.3, 0.4) is 0 Å². The van der Waals surface area contributed by atoms with Crippen LogP contribution in [-0.4, -0.2) is 51.2 Å². The molecule has 1 amide bonds. The van der Waals surface area contributed by atoms with Gasteiger partial charge in [-0.15, -0.1) is 0 Å². The first-order valence-electron chi connectivity index (χ1n) is 8.43. The Morgan fingerprint density at radius 1 is 1.50 bits per heavy atom. The van der Waals surface area contributed by atoms with Gasteiger partial charge in [0.05, 0.1) is 5.52 Å². The van der Waals surface area contributed by atoms with Crippen molar-refractivity contribution in [3.05, 3.63) is 18.3 Å². The Bertz CT molecular complexity index is 673. The van der Waals surface area contributed by atoms with Crippen LogP contribution in [0.5, 0.6) is 0 Å². The SMILES string of the molecule is CC(C)(C)OC(=O)N1CCCC(CNc2nc3ncccc3[nH]2)C1. The van der Waals surface area contributed by atoms with E-state index in [-0.39, 0.29) is 6.09 Å². The van der Waals surface area contributed by atoms with Gasteiger partial charge in [-0.3, -0.25) is 0 Å². The van der Waals surface area contributed by atoms with Crippen molar-refractivity contribution in [1.29, 1.82) is 0 Å². The topological polar surface area (TPSA) is 83.1 Å². The summed E-state index contributed by atoms with van der Waals surface area (Å²) < 4.78 is 5.47. The first-order valence-corrected chi connectivity index (χ1v) is 8.43. The molecule has 2 aromatic heterocycles. The summed E-state index contributed by atoms with van der Waals surface area (Å²) in [4.78, 5) is 25.9. The standard InChI is InChI=1S/C17H25N5O2/c1-17(2,3)24-16(23)22-9-5-6-12(11-22)10-19-15-20-13-7-4-8-18-14(13)21-15/h4,7-8,12H,5-6,9-11H2,1-3H3,(H2,18,19,20,21). The molecule has 0 bridgehead atoms.